The smallest absolute Gasteiger partial charge is 0.0656 e. The number of hydrogen-bond acceptors (Lipinski definition) is 0. The zero-order chi connectivity index (χ0) is 18.7. The van der Waals surface area contributed by atoms with E-state index >= 15 is 0 Å². The van der Waals surface area contributed by atoms with Gasteiger partial charge in [-0.15, -0.1) is 0 Å². The van der Waals surface area contributed by atoms with Crippen molar-refractivity contribution < 1.29 is 0 Å². The molecule has 0 atom stereocenters. The number of fused-ring (bicyclic) bond motifs is 3. The normalized spacial score (nSPS) is 16.6. The summed E-state index contributed by atoms with van der Waals surface area (Å²) in [6, 6.07) is 15.9. The van der Waals surface area contributed by atoms with Crippen molar-refractivity contribution in [2.75, 3.05) is 0 Å². The third-order valence-electron chi connectivity index (χ3n) is 5.96. The minimum atomic E-state index is -1.40. The predicted molar refractivity (Wildman–Crippen MR) is 117 cm³/mol. The van der Waals surface area contributed by atoms with Crippen molar-refractivity contribution in [1.29, 1.82) is 0 Å². The summed E-state index contributed by atoms with van der Waals surface area (Å²) in [6.07, 6.45) is 4.76. The first kappa shape index (κ1) is 17.5. The summed E-state index contributed by atoms with van der Waals surface area (Å²) in [7, 11) is -1.40. The first-order valence-corrected chi connectivity index (χ1v) is 13.3. The second kappa shape index (κ2) is 5.82. The van der Waals surface area contributed by atoms with Gasteiger partial charge >= 0.3 is 0 Å². The van der Waals surface area contributed by atoms with Crippen molar-refractivity contribution in [2.45, 2.75) is 53.3 Å². The van der Waals surface area contributed by atoms with E-state index in [1.54, 1.807) is 21.9 Å². The molecule has 0 amide bonds. The van der Waals surface area contributed by atoms with Crippen LogP contribution in [0.3, 0.4) is 0 Å². The second-order valence-electron chi connectivity index (χ2n) is 9.90. The predicted octanol–water partition coefficient (Wildman–Crippen LogP) is 7.27. The van der Waals surface area contributed by atoms with E-state index in [9.17, 15) is 0 Å². The molecule has 0 fully saturated rings. The number of benzene rings is 2. The van der Waals surface area contributed by atoms with Gasteiger partial charge in [0.15, 0.2) is 0 Å². The Morgan fingerprint density at radius 3 is 2.12 bits per heavy atom. The van der Waals surface area contributed by atoms with Crippen molar-refractivity contribution in [2.24, 2.45) is 5.41 Å². The van der Waals surface area contributed by atoms with Gasteiger partial charge in [0.25, 0.3) is 0 Å². The van der Waals surface area contributed by atoms with Gasteiger partial charge in [0.05, 0.1) is 8.07 Å². The highest BCUT2D eigenvalue weighted by molar-refractivity contribution is 6.84. The van der Waals surface area contributed by atoms with Crippen molar-refractivity contribution >= 4 is 13.6 Å². The zero-order valence-electron chi connectivity index (χ0n) is 17.0. The minimum Gasteiger partial charge on any atom is -0.0656 e. The van der Waals surface area contributed by atoms with Crippen LogP contribution < -0.4 is 0 Å². The Kier molecular flexibility index (Phi) is 3.93. The fourth-order valence-electron chi connectivity index (χ4n) is 4.43. The molecule has 134 valence electrons. The summed E-state index contributed by atoms with van der Waals surface area (Å²) in [4.78, 5) is 0. The SMILES string of the molecule is CC(C)(C)C1=CC([Si](C)(C)C)=C(c2cccc3c2Cc2ccccc2-3)C1. The fourth-order valence-corrected chi connectivity index (χ4v) is 6.16. The van der Waals surface area contributed by atoms with E-state index in [2.05, 4.69) is 89.0 Å². The van der Waals surface area contributed by atoms with Crippen molar-refractivity contribution in [3.8, 4) is 11.1 Å². The Labute approximate surface area is 159 Å². The van der Waals surface area contributed by atoms with Crippen LogP contribution in [0.5, 0.6) is 0 Å². The maximum absolute atomic E-state index is 2.56. The molecule has 0 spiro atoms. The lowest BCUT2D eigenvalue weighted by molar-refractivity contribution is 0.497. The summed E-state index contributed by atoms with van der Waals surface area (Å²) in [5.74, 6) is 0. The van der Waals surface area contributed by atoms with Gasteiger partial charge in [-0.05, 0) is 51.6 Å². The molecule has 0 nitrogen and oxygen atoms in total. The van der Waals surface area contributed by atoms with Gasteiger partial charge in [0.2, 0.25) is 0 Å². The monoisotopic (exact) mass is 358 g/mol. The number of hydrogen-bond donors (Lipinski definition) is 0. The molecule has 0 radical (unpaired) electrons. The van der Waals surface area contributed by atoms with Crippen LogP contribution in [0.25, 0.3) is 16.7 Å². The van der Waals surface area contributed by atoms with Crippen LogP contribution in [0.2, 0.25) is 19.6 Å². The summed E-state index contributed by atoms with van der Waals surface area (Å²) in [6.45, 7) is 14.5. The molecule has 2 aliphatic carbocycles. The molecule has 1 heteroatoms. The molecule has 0 aliphatic heterocycles. The molecule has 2 aromatic carbocycles. The van der Waals surface area contributed by atoms with E-state index in [1.807, 2.05) is 0 Å². The quantitative estimate of drug-likeness (QED) is 0.423. The molecule has 2 aromatic rings. The molecule has 0 unspecified atom stereocenters. The largest absolute Gasteiger partial charge is 0.0779 e. The summed E-state index contributed by atoms with van der Waals surface area (Å²) in [5, 5.41) is 1.66. The molecule has 4 rings (SSSR count). The molecule has 0 aromatic heterocycles. The molecule has 0 bridgehead atoms. The Morgan fingerprint density at radius 1 is 0.769 bits per heavy atom. The van der Waals surface area contributed by atoms with Crippen molar-refractivity contribution in [3.63, 3.8) is 0 Å². The number of allylic oxidation sites excluding steroid dienone is 4. The lowest BCUT2D eigenvalue weighted by Crippen LogP contribution is -2.23. The van der Waals surface area contributed by atoms with E-state index in [4.69, 9.17) is 0 Å². The standard InChI is InChI=1S/C25H30Si/c1-25(2,3)18-15-23(24(16-18)26(4,5)6)21-13-9-12-20-19-11-8-7-10-17(19)14-22(20)21/h7-13,16H,14-15H2,1-6H3. The highest BCUT2D eigenvalue weighted by Crippen LogP contribution is 2.47. The second-order valence-corrected chi connectivity index (χ2v) is 14.9. The average molecular weight is 359 g/mol. The summed E-state index contributed by atoms with van der Waals surface area (Å²) < 4.78 is 0. The third kappa shape index (κ3) is 2.83. The topological polar surface area (TPSA) is 0 Å². The summed E-state index contributed by atoms with van der Waals surface area (Å²) >= 11 is 0. The van der Waals surface area contributed by atoms with Crippen LogP contribution in [0, 0.1) is 5.41 Å². The van der Waals surface area contributed by atoms with Crippen LogP contribution in [0.15, 0.2) is 59.3 Å². The maximum Gasteiger partial charge on any atom is 0.0779 e. The molecular weight excluding hydrogens is 328 g/mol. The summed E-state index contributed by atoms with van der Waals surface area (Å²) in [5.41, 5.74) is 10.9. The highest BCUT2D eigenvalue weighted by atomic mass is 28.3. The van der Waals surface area contributed by atoms with E-state index in [0.29, 0.717) is 0 Å². The Balaban J connectivity index is 1.87. The maximum atomic E-state index is 2.56. The lowest BCUT2D eigenvalue weighted by Gasteiger charge is -2.22. The van der Waals surface area contributed by atoms with E-state index in [0.717, 1.165) is 12.8 Å². The Morgan fingerprint density at radius 2 is 1.42 bits per heavy atom. The third-order valence-corrected chi connectivity index (χ3v) is 8.02. The van der Waals surface area contributed by atoms with Crippen LogP contribution in [-0.2, 0) is 6.42 Å². The molecule has 0 saturated carbocycles. The van der Waals surface area contributed by atoms with Gasteiger partial charge in [-0.1, -0.05) is 99.7 Å². The fraction of sp³-hybridized carbons (Fsp3) is 0.360. The highest BCUT2D eigenvalue weighted by Gasteiger charge is 2.33. The van der Waals surface area contributed by atoms with Gasteiger partial charge in [0.1, 0.15) is 0 Å². The first-order valence-electron chi connectivity index (χ1n) is 9.81. The number of rotatable bonds is 2. The van der Waals surface area contributed by atoms with Crippen LogP contribution in [0.1, 0.15) is 43.9 Å². The first-order chi connectivity index (χ1) is 12.2. The molecule has 0 saturated heterocycles. The Hall–Kier alpha value is -1.86. The average Bonchev–Trinajstić information content (AvgIpc) is 3.16. The van der Waals surface area contributed by atoms with Gasteiger partial charge in [-0.25, -0.2) is 0 Å². The van der Waals surface area contributed by atoms with E-state index in [1.165, 1.54) is 22.3 Å². The van der Waals surface area contributed by atoms with Crippen LogP contribution in [0.4, 0.5) is 0 Å². The van der Waals surface area contributed by atoms with Gasteiger partial charge in [-0.2, -0.15) is 0 Å². The van der Waals surface area contributed by atoms with E-state index < -0.39 is 8.07 Å². The zero-order valence-corrected chi connectivity index (χ0v) is 18.0. The minimum absolute atomic E-state index is 0.244. The lowest BCUT2D eigenvalue weighted by atomic mass is 9.83. The van der Waals surface area contributed by atoms with Crippen molar-refractivity contribution in [1.82, 2.24) is 0 Å². The van der Waals surface area contributed by atoms with Gasteiger partial charge in [0, 0.05) is 0 Å². The molecule has 26 heavy (non-hydrogen) atoms. The van der Waals surface area contributed by atoms with Crippen molar-refractivity contribution in [3.05, 3.63) is 76.0 Å². The van der Waals surface area contributed by atoms with Crippen LogP contribution in [-0.4, -0.2) is 8.07 Å². The van der Waals surface area contributed by atoms with E-state index in [-0.39, 0.29) is 5.41 Å². The van der Waals surface area contributed by atoms with Crippen LogP contribution >= 0.6 is 0 Å². The molecular formula is C25H30Si. The van der Waals surface area contributed by atoms with Gasteiger partial charge in [-0.3, -0.25) is 0 Å². The molecule has 0 heterocycles. The Bertz CT molecular complexity index is 943. The molecule has 2 aliphatic rings. The van der Waals surface area contributed by atoms with Gasteiger partial charge < -0.3 is 0 Å². The molecule has 0 N–H and O–H groups in total.